The second-order valence-corrected chi connectivity index (χ2v) is 6.62. The Labute approximate surface area is 152 Å². The molecule has 4 nitrogen and oxygen atoms in total. The maximum absolute atomic E-state index is 12.8. The quantitative estimate of drug-likeness (QED) is 0.523. The largest absolute Gasteiger partial charge is 0.293 e. The zero-order chi connectivity index (χ0) is 17.2. The smallest absolute Gasteiger partial charge is 0.265 e. The van der Waals surface area contributed by atoms with E-state index in [4.69, 9.17) is 0 Å². The van der Waals surface area contributed by atoms with Gasteiger partial charge in [0, 0.05) is 21.6 Å². The summed E-state index contributed by atoms with van der Waals surface area (Å²) in [7, 11) is 0. The monoisotopic (exact) mass is 391 g/mol. The highest BCUT2D eigenvalue weighted by Gasteiger charge is 2.13. The van der Waals surface area contributed by atoms with Crippen LogP contribution >= 0.6 is 15.9 Å². The Morgan fingerprint density at radius 2 is 1.80 bits per heavy atom. The van der Waals surface area contributed by atoms with E-state index in [9.17, 15) is 4.79 Å². The van der Waals surface area contributed by atoms with Gasteiger partial charge in [-0.2, -0.15) is 5.10 Å². The van der Waals surface area contributed by atoms with Crippen LogP contribution in [0.3, 0.4) is 0 Å². The third-order valence-corrected chi connectivity index (χ3v) is 4.49. The molecule has 0 unspecified atom stereocenters. The van der Waals surface area contributed by atoms with Crippen LogP contribution in [0.4, 0.5) is 0 Å². The van der Waals surface area contributed by atoms with Gasteiger partial charge in [-0.15, -0.1) is 0 Å². The third-order valence-electron chi connectivity index (χ3n) is 3.99. The molecule has 5 heteroatoms. The van der Waals surface area contributed by atoms with Gasteiger partial charge in [-0.1, -0.05) is 58.4 Å². The predicted molar refractivity (Wildman–Crippen MR) is 102 cm³/mol. The minimum Gasteiger partial charge on any atom is -0.265 e. The van der Waals surface area contributed by atoms with Gasteiger partial charge >= 0.3 is 0 Å². The van der Waals surface area contributed by atoms with Gasteiger partial charge in [-0.25, -0.2) is 4.68 Å². The molecule has 0 saturated carbocycles. The fourth-order valence-corrected chi connectivity index (χ4v) is 3.22. The zero-order valence-electron chi connectivity index (χ0n) is 13.3. The second kappa shape index (κ2) is 6.61. The molecule has 0 radical (unpaired) electrons. The van der Waals surface area contributed by atoms with Crippen molar-refractivity contribution in [1.29, 1.82) is 0 Å². The standard InChI is InChI=1S/C20H14BrN3O/c21-16-9-4-8-15(12-16)18-17-10-5-11-22-19(17)20(25)24(23-18)13-14-6-2-1-3-7-14/h1-12H,13H2. The molecule has 122 valence electrons. The highest BCUT2D eigenvalue weighted by molar-refractivity contribution is 9.10. The van der Waals surface area contributed by atoms with Gasteiger partial charge in [-0.05, 0) is 29.8 Å². The SMILES string of the molecule is O=c1c2ncccc2c(-c2cccc(Br)c2)nn1Cc1ccccc1. The van der Waals surface area contributed by atoms with Crippen molar-refractivity contribution in [2.24, 2.45) is 0 Å². The van der Waals surface area contributed by atoms with Crippen LogP contribution in [0.1, 0.15) is 5.56 Å². The highest BCUT2D eigenvalue weighted by atomic mass is 79.9. The number of aromatic nitrogens is 3. The lowest BCUT2D eigenvalue weighted by molar-refractivity contribution is 0.649. The number of hydrogen-bond acceptors (Lipinski definition) is 3. The molecule has 0 fully saturated rings. The fraction of sp³-hybridized carbons (Fsp3) is 0.0500. The van der Waals surface area contributed by atoms with Gasteiger partial charge in [0.05, 0.1) is 6.54 Å². The number of fused-ring (bicyclic) bond motifs is 1. The summed E-state index contributed by atoms with van der Waals surface area (Å²) < 4.78 is 2.45. The van der Waals surface area contributed by atoms with E-state index in [2.05, 4.69) is 26.0 Å². The molecule has 0 aliphatic carbocycles. The van der Waals surface area contributed by atoms with E-state index >= 15 is 0 Å². The first-order valence-electron chi connectivity index (χ1n) is 7.88. The van der Waals surface area contributed by atoms with Crippen molar-refractivity contribution in [1.82, 2.24) is 14.8 Å². The Balaban J connectivity index is 1.96. The zero-order valence-corrected chi connectivity index (χ0v) is 14.8. The molecule has 0 atom stereocenters. The average Bonchev–Trinajstić information content (AvgIpc) is 2.65. The van der Waals surface area contributed by atoms with E-state index in [1.165, 1.54) is 4.68 Å². The minimum absolute atomic E-state index is 0.182. The average molecular weight is 392 g/mol. The minimum atomic E-state index is -0.182. The Morgan fingerprint density at radius 1 is 0.960 bits per heavy atom. The van der Waals surface area contributed by atoms with Crippen LogP contribution in [0.5, 0.6) is 0 Å². The summed E-state index contributed by atoms with van der Waals surface area (Å²) in [6.07, 6.45) is 1.64. The van der Waals surface area contributed by atoms with E-state index in [1.54, 1.807) is 6.20 Å². The molecule has 0 aliphatic heterocycles. The summed E-state index contributed by atoms with van der Waals surface area (Å²) in [5, 5.41) is 5.41. The van der Waals surface area contributed by atoms with E-state index in [0.717, 1.165) is 26.7 Å². The summed E-state index contributed by atoms with van der Waals surface area (Å²) >= 11 is 3.50. The molecule has 0 spiro atoms. The molecule has 0 saturated heterocycles. The molecular weight excluding hydrogens is 378 g/mol. The van der Waals surface area contributed by atoms with E-state index < -0.39 is 0 Å². The lowest BCUT2D eigenvalue weighted by atomic mass is 10.1. The van der Waals surface area contributed by atoms with Gasteiger partial charge in [0.2, 0.25) is 0 Å². The lowest BCUT2D eigenvalue weighted by Gasteiger charge is -2.11. The van der Waals surface area contributed by atoms with E-state index in [-0.39, 0.29) is 5.56 Å². The topological polar surface area (TPSA) is 47.8 Å². The van der Waals surface area contributed by atoms with Crippen LogP contribution in [-0.4, -0.2) is 14.8 Å². The highest BCUT2D eigenvalue weighted by Crippen LogP contribution is 2.26. The molecule has 25 heavy (non-hydrogen) atoms. The van der Waals surface area contributed by atoms with Gasteiger partial charge in [0.1, 0.15) is 11.2 Å². The molecule has 0 N–H and O–H groups in total. The van der Waals surface area contributed by atoms with Crippen LogP contribution in [0.15, 0.2) is 82.2 Å². The Morgan fingerprint density at radius 3 is 2.60 bits per heavy atom. The van der Waals surface area contributed by atoms with Crippen molar-refractivity contribution in [3.8, 4) is 11.3 Å². The van der Waals surface area contributed by atoms with Crippen LogP contribution < -0.4 is 5.56 Å². The van der Waals surface area contributed by atoms with Crippen molar-refractivity contribution in [2.75, 3.05) is 0 Å². The number of halogens is 1. The molecule has 2 heterocycles. The Hall–Kier alpha value is -2.79. The third kappa shape index (κ3) is 3.10. The van der Waals surface area contributed by atoms with Crippen molar-refractivity contribution < 1.29 is 0 Å². The maximum atomic E-state index is 12.8. The molecule has 2 aromatic heterocycles. The number of nitrogens with zero attached hydrogens (tertiary/aromatic N) is 3. The lowest BCUT2D eigenvalue weighted by Crippen LogP contribution is -2.25. The van der Waals surface area contributed by atoms with E-state index in [1.807, 2.05) is 66.7 Å². The summed E-state index contributed by atoms with van der Waals surface area (Å²) in [6.45, 7) is 0.410. The van der Waals surface area contributed by atoms with Crippen molar-refractivity contribution in [3.63, 3.8) is 0 Å². The normalized spacial score (nSPS) is 10.9. The molecule has 0 aliphatic rings. The van der Waals surface area contributed by atoms with E-state index in [0.29, 0.717) is 12.1 Å². The molecule has 2 aromatic carbocycles. The van der Waals surface area contributed by atoms with Crippen molar-refractivity contribution in [2.45, 2.75) is 6.54 Å². The number of pyridine rings is 1. The summed E-state index contributed by atoms with van der Waals surface area (Å²) in [4.78, 5) is 17.1. The number of hydrogen-bond donors (Lipinski definition) is 0. The Bertz CT molecular complexity index is 1110. The van der Waals surface area contributed by atoms with Crippen LogP contribution in [0, 0.1) is 0 Å². The van der Waals surface area contributed by atoms with Crippen molar-refractivity contribution in [3.05, 3.63) is 93.3 Å². The maximum Gasteiger partial charge on any atom is 0.293 e. The van der Waals surface area contributed by atoms with Crippen molar-refractivity contribution >= 4 is 26.8 Å². The van der Waals surface area contributed by atoms with Gasteiger partial charge in [0.25, 0.3) is 5.56 Å². The summed E-state index contributed by atoms with van der Waals surface area (Å²) in [6, 6.07) is 21.4. The number of rotatable bonds is 3. The molecular formula is C20H14BrN3O. The fourth-order valence-electron chi connectivity index (χ4n) is 2.82. The summed E-state index contributed by atoms with van der Waals surface area (Å²) in [5.74, 6) is 0. The van der Waals surface area contributed by atoms with Crippen LogP contribution in [-0.2, 0) is 6.54 Å². The van der Waals surface area contributed by atoms with Crippen LogP contribution in [0.2, 0.25) is 0 Å². The van der Waals surface area contributed by atoms with Gasteiger partial charge in [0.15, 0.2) is 0 Å². The molecule has 0 bridgehead atoms. The van der Waals surface area contributed by atoms with Crippen LogP contribution in [0.25, 0.3) is 22.2 Å². The molecule has 0 amide bonds. The van der Waals surface area contributed by atoms with Gasteiger partial charge < -0.3 is 0 Å². The summed E-state index contributed by atoms with van der Waals surface area (Å²) in [5.41, 5.74) is 2.96. The first-order chi connectivity index (χ1) is 12.2. The predicted octanol–water partition coefficient (Wildman–Crippen LogP) is 4.27. The number of benzene rings is 2. The molecule has 4 aromatic rings. The van der Waals surface area contributed by atoms with Gasteiger partial charge in [-0.3, -0.25) is 9.78 Å². The second-order valence-electron chi connectivity index (χ2n) is 5.71. The first-order valence-corrected chi connectivity index (χ1v) is 8.67. The molecule has 4 rings (SSSR count). The first kappa shape index (κ1) is 15.7. The Kier molecular flexibility index (Phi) is 4.15.